The quantitative estimate of drug-likeness (QED) is 0.664. The molecular formula is C17H27NS. The Morgan fingerprint density at radius 1 is 1.37 bits per heavy atom. The molecule has 0 radical (unpaired) electrons. The summed E-state index contributed by atoms with van der Waals surface area (Å²) in [4.78, 5) is 1.53. The van der Waals surface area contributed by atoms with Gasteiger partial charge in [0, 0.05) is 10.9 Å². The van der Waals surface area contributed by atoms with E-state index in [1.54, 1.807) is 5.57 Å². The highest BCUT2D eigenvalue weighted by Gasteiger charge is 2.15. The molecule has 0 spiro atoms. The molecule has 0 saturated heterocycles. The maximum atomic E-state index is 3.75. The van der Waals surface area contributed by atoms with Crippen molar-refractivity contribution < 1.29 is 0 Å². The third-order valence-corrected chi connectivity index (χ3v) is 4.85. The van der Waals surface area contributed by atoms with Gasteiger partial charge >= 0.3 is 0 Å². The van der Waals surface area contributed by atoms with Crippen molar-refractivity contribution in [2.75, 3.05) is 6.54 Å². The molecule has 1 unspecified atom stereocenters. The van der Waals surface area contributed by atoms with Crippen LogP contribution in [0.4, 0.5) is 0 Å². The minimum absolute atomic E-state index is 0.639. The molecule has 1 aliphatic rings. The smallest absolute Gasteiger partial charge is 0.0279 e. The summed E-state index contributed by atoms with van der Waals surface area (Å²) in [5, 5.41) is 5.94. The Balaban J connectivity index is 1.80. The predicted octanol–water partition coefficient (Wildman–Crippen LogP) is 4.94. The second-order valence-corrected chi connectivity index (χ2v) is 6.54. The molecule has 1 aromatic heterocycles. The van der Waals surface area contributed by atoms with E-state index in [1.165, 1.54) is 56.2 Å². The van der Waals surface area contributed by atoms with E-state index in [2.05, 4.69) is 35.8 Å². The molecule has 1 heterocycles. The summed E-state index contributed by atoms with van der Waals surface area (Å²) in [5.74, 6) is 0. The topological polar surface area (TPSA) is 12.0 Å². The van der Waals surface area contributed by atoms with Crippen molar-refractivity contribution in [3.05, 3.63) is 34.0 Å². The standard InChI is InChI=1S/C17H27NS/c1-2-13-18-17(15-8-4-3-5-9-15)12-6-10-16-11-7-14-19-16/h7-8,11,14,17-18H,2-6,9-10,12-13H2,1H3. The molecule has 1 N–H and O–H groups in total. The van der Waals surface area contributed by atoms with E-state index >= 15 is 0 Å². The van der Waals surface area contributed by atoms with Crippen LogP contribution in [-0.4, -0.2) is 12.6 Å². The first-order valence-corrected chi connectivity index (χ1v) is 8.73. The van der Waals surface area contributed by atoms with Gasteiger partial charge in [0.15, 0.2) is 0 Å². The van der Waals surface area contributed by atoms with Crippen LogP contribution in [0.3, 0.4) is 0 Å². The van der Waals surface area contributed by atoms with Crippen LogP contribution in [-0.2, 0) is 6.42 Å². The van der Waals surface area contributed by atoms with Gasteiger partial charge in [-0.05, 0) is 69.4 Å². The molecule has 0 amide bonds. The van der Waals surface area contributed by atoms with E-state index in [0.29, 0.717) is 6.04 Å². The molecule has 1 nitrogen and oxygen atoms in total. The molecule has 2 rings (SSSR count). The number of rotatable bonds is 8. The summed E-state index contributed by atoms with van der Waals surface area (Å²) in [5.41, 5.74) is 1.69. The van der Waals surface area contributed by atoms with E-state index in [9.17, 15) is 0 Å². The summed E-state index contributed by atoms with van der Waals surface area (Å²) in [6.45, 7) is 3.41. The van der Waals surface area contributed by atoms with Gasteiger partial charge in [-0.2, -0.15) is 0 Å². The molecule has 0 bridgehead atoms. The number of nitrogens with one attached hydrogen (secondary N) is 1. The van der Waals surface area contributed by atoms with Gasteiger partial charge in [-0.25, -0.2) is 0 Å². The molecule has 1 aromatic rings. The van der Waals surface area contributed by atoms with Gasteiger partial charge in [0.25, 0.3) is 0 Å². The van der Waals surface area contributed by atoms with Crippen LogP contribution in [0.5, 0.6) is 0 Å². The van der Waals surface area contributed by atoms with Crippen LogP contribution < -0.4 is 5.32 Å². The van der Waals surface area contributed by atoms with Crippen molar-refractivity contribution in [3.63, 3.8) is 0 Å². The van der Waals surface area contributed by atoms with Crippen molar-refractivity contribution in [1.29, 1.82) is 0 Å². The van der Waals surface area contributed by atoms with Crippen LogP contribution in [0.1, 0.15) is 56.7 Å². The minimum atomic E-state index is 0.639. The lowest BCUT2D eigenvalue weighted by molar-refractivity contribution is 0.490. The zero-order valence-electron chi connectivity index (χ0n) is 12.2. The fourth-order valence-electron chi connectivity index (χ4n) is 2.85. The second kappa shape index (κ2) is 8.55. The van der Waals surface area contributed by atoms with Gasteiger partial charge in [-0.3, -0.25) is 0 Å². The summed E-state index contributed by atoms with van der Waals surface area (Å²) in [6, 6.07) is 5.07. The predicted molar refractivity (Wildman–Crippen MR) is 85.9 cm³/mol. The average Bonchev–Trinajstić information content (AvgIpc) is 2.97. The Bertz CT molecular complexity index is 367. The normalized spacial score (nSPS) is 17.2. The molecule has 1 aliphatic carbocycles. The molecule has 19 heavy (non-hydrogen) atoms. The monoisotopic (exact) mass is 277 g/mol. The summed E-state index contributed by atoms with van der Waals surface area (Å²) < 4.78 is 0. The second-order valence-electron chi connectivity index (χ2n) is 5.50. The molecule has 0 fully saturated rings. The van der Waals surface area contributed by atoms with E-state index in [1.807, 2.05) is 11.3 Å². The summed E-state index contributed by atoms with van der Waals surface area (Å²) >= 11 is 1.89. The Kier molecular flexibility index (Phi) is 6.66. The Hall–Kier alpha value is -0.600. The van der Waals surface area contributed by atoms with E-state index in [0.717, 1.165) is 6.54 Å². The van der Waals surface area contributed by atoms with E-state index in [4.69, 9.17) is 0 Å². The Morgan fingerprint density at radius 3 is 3.00 bits per heavy atom. The largest absolute Gasteiger partial charge is 0.310 e. The number of thiophene rings is 1. The lowest BCUT2D eigenvalue weighted by Crippen LogP contribution is -2.32. The fourth-order valence-corrected chi connectivity index (χ4v) is 3.60. The highest BCUT2D eigenvalue weighted by atomic mass is 32.1. The Morgan fingerprint density at radius 2 is 2.32 bits per heavy atom. The van der Waals surface area contributed by atoms with Gasteiger partial charge in [-0.15, -0.1) is 11.3 Å². The first kappa shape index (κ1) is 14.8. The van der Waals surface area contributed by atoms with E-state index in [-0.39, 0.29) is 0 Å². The lowest BCUT2D eigenvalue weighted by atomic mass is 9.91. The van der Waals surface area contributed by atoms with Gasteiger partial charge in [0.05, 0.1) is 0 Å². The third kappa shape index (κ3) is 5.12. The first-order valence-electron chi connectivity index (χ1n) is 7.85. The molecule has 106 valence electrons. The third-order valence-electron chi connectivity index (χ3n) is 3.91. The molecule has 1 atom stereocenters. The van der Waals surface area contributed by atoms with Gasteiger partial charge in [0.2, 0.25) is 0 Å². The highest BCUT2D eigenvalue weighted by molar-refractivity contribution is 7.09. The molecule has 0 saturated carbocycles. The van der Waals surface area contributed by atoms with Crippen LogP contribution in [0.15, 0.2) is 29.2 Å². The zero-order chi connectivity index (χ0) is 13.3. The van der Waals surface area contributed by atoms with Crippen molar-refractivity contribution in [3.8, 4) is 0 Å². The molecule has 0 aromatic carbocycles. The number of hydrogen-bond acceptors (Lipinski definition) is 2. The van der Waals surface area contributed by atoms with Crippen molar-refractivity contribution in [2.45, 2.75) is 64.3 Å². The molecule has 0 aliphatic heterocycles. The molecule has 2 heteroatoms. The van der Waals surface area contributed by atoms with Crippen molar-refractivity contribution in [1.82, 2.24) is 5.32 Å². The van der Waals surface area contributed by atoms with Crippen LogP contribution in [0, 0.1) is 0 Å². The van der Waals surface area contributed by atoms with Gasteiger partial charge in [-0.1, -0.05) is 24.6 Å². The number of hydrogen-bond donors (Lipinski definition) is 1. The van der Waals surface area contributed by atoms with Gasteiger partial charge < -0.3 is 5.32 Å². The fraction of sp³-hybridized carbons (Fsp3) is 0.647. The van der Waals surface area contributed by atoms with Gasteiger partial charge in [0.1, 0.15) is 0 Å². The summed E-state index contributed by atoms with van der Waals surface area (Å²) in [7, 11) is 0. The van der Waals surface area contributed by atoms with Crippen molar-refractivity contribution >= 4 is 11.3 Å². The highest BCUT2D eigenvalue weighted by Crippen LogP contribution is 2.23. The number of aryl methyl sites for hydroxylation is 1. The minimum Gasteiger partial charge on any atom is -0.310 e. The lowest BCUT2D eigenvalue weighted by Gasteiger charge is -2.24. The van der Waals surface area contributed by atoms with Crippen LogP contribution in [0.25, 0.3) is 0 Å². The molecular weight excluding hydrogens is 250 g/mol. The maximum absolute atomic E-state index is 3.75. The van der Waals surface area contributed by atoms with Crippen LogP contribution in [0.2, 0.25) is 0 Å². The zero-order valence-corrected chi connectivity index (χ0v) is 13.0. The SMILES string of the molecule is CCCNC(CCCc1cccs1)C1=CCCCC1. The average molecular weight is 277 g/mol. The van der Waals surface area contributed by atoms with Crippen molar-refractivity contribution in [2.24, 2.45) is 0 Å². The van der Waals surface area contributed by atoms with E-state index < -0.39 is 0 Å². The first-order chi connectivity index (χ1) is 9.40. The number of allylic oxidation sites excluding steroid dienone is 1. The maximum Gasteiger partial charge on any atom is 0.0279 e. The summed E-state index contributed by atoms with van der Waals surface area (Å²) in [6.07, 6.45) is 13.0. The van der Waals surface area contributed by atoms with Crippen LogP contribution >= 0.6 is 11.3 Å². The Labute approximate surface area is 122 Å².